The van der Waals surface area contributed by atoms with Crippen LogP contribution in [0.15, 0.2) is 30.7 Å². The van der Waals surface area contributed by atoms with Crippen molar-refractivity contribution in [2.24, 2.45) is 0 Å². The standard InChI is InChI=1S/C16H17FN4/c1-10-6-13-14(7-11(10)2)21(9-20-13)16-15(17)12(8-18-3)4-5-19-16/h4-7,9,18H,8H2,1-3H3. The Morgan fingerprint density at radius 1 is 1.19 bits per heavy atom. The molecule has 4 nitrogen and oxygen atoms in total. The van der Waals surface area contributed by atoms with E-state index in [0.717, 1.165) is 16.6 Å². The van der Waals surface area contributed by atoms with E-state index in [4.69, 9.17) is 0 Å². The molecular weight excluding hydrogens is 267 g/mol. The van der Waals surface area contributed by atoms with Crippen molar-refractivity contribution in [3.05, 3.63) is 53.2 Å². The lowest BCUT2D eigenvalue weighted by Gasteiger charge is -2.09. The first-order valence-electron chi connectivity index (χ1n) is 6.84. The Hall–Kier alpha value is -2.27. The zero-order valence-electron chi connectivity index (χ0n) is 12.3. The van der Waals surface area contributed by atoms with Crippen molar-refractivity contribution < 1.29 is 4.39 Å². The van der Waals surface area contributed by atoms with Crippen LogP contribution in [-0.2, 0) is 6.54 Å². The van der Waals surface area contributed by atoms with Gasteiger partial charge in [-0.3, -0.25) is 4.57 Å². The molecular formula is C16H17FN4. The molecule has 0 radical (unpaired) electrons. The molecule has 2 aromatic heterocycles. The maximum atomic E-state index is 14.6. The Labute approximate surface area is 122 Å². The first-order chi connectivity index (χ1) is 10.1. The third-order valence-electron chi connectivity index (χ3n) is 3.71. The second-order valence-electron chi connectivity index (χ2n) is 5.18. The van der Waals surface area contributed by atoms with E-state index in [0.29, 0.717) is 12.1 Å². The Kier molecular flexibility index (Phi) is 3.43. The van der Waals surface area contributed by atoms with Crippen LogP contribution in [0.5, 0.6) is 0 Å². The molecule has 108 valence electrons. The molecule has 0 saturated heterocycles. The van der Waals surface area contributed by atoms with E-state index in [9.17, 15) is 4.39 Å². The molecule has 0 saturated carbocycles. The second kappa shape index (κ2) is 5.26. The summed E-state index contributed by atoms with van der Waals surface area (Å²) in [6.07, 6.45) is 3.25. The maximum Gasteiger partial charge on any atom is 0.175 e. The second-order valence-corrected chi connectivity index (χ2v) is 5.18. The fourth-order valence-electron chi connectivity index (χ4n) is 2.40. The van der Waals surface area contributed by atoms with Gasteiger partial charge in [-0.2, -0.15) is 0 Å². The van der Waals surface area contributed by atoms with Crippen LogP contribution in [0, 0.1) is 19.7 Å². The Morgan fingerprint density at radius 3 is 2.71 bits per heavy atom. The SMILES string of the molecule is CNCc1ccnc(-n2cnc3cc(C)c(C)cc32)c1F. The third-order valence-corrected chi connectivity index (χ3v) is 3.71. The highest BCUT2D eigenvalue weighted by molar-refractivity contribution is 5.79. The number of pyridine rings is 1. The van der Waals surface area contributed by atoms with Gasteiger partial charge in [0.1, 0.15) is 6.33 Å². The highest BCUT2D eigenvalue weighted by Gasteiger charge is 2.14. The van der Waals surface area contributed by atoms with Crippen molar-refractivity contribution in [1.29, 1.82) is 0 Å². The molecule has 3 aromatic rings. The summed E-state index contributed by atoms with van der Waals surface area (Å²) in [6.45, 7) is 4.54. The van der Waals surface area contributed by atoms with Gasteiger partial charge in [0.05, 0.1) is 11.0 Å². The molecule has 0 bridgehead atoms. The van der Waals surface area contributed by atoms with E-state index in [1.165, 1.54) is 5.56 Å². The van der Waals surface area contributed by atoms with Gasteiger partial charge in [-0.1, -0.05) is 0 Å². The van der Waals surface area contributed by atoms with Crippen molar-refractivity contribution in [1.82, 2.24) is 19.9 Å². The highest BCUT2D eigenvalue weighted by Crippen LogP contribution is 2.23. The summed E-state index contributed by atoms with van der Waals surface area (Å²) >= 11 is 0. The zero-order valence-corrected chi connectivity index (χ0v) is 12.3. The van der Waals surface area contributed by atoms with Gasteiger partial charge in [0.2, 0.25) is 0 Å². The van der Waals surface area contributed by atoms with Crippen molar-refractivity contribution in [2.45, 2.75) is 20.4 Å². The summed E-state index contributed by atoms with van der Waals surface area (Å²) < 4.78 is 16.3. The summed E-state index contributed by atoms with van der Waals surface area (Å²) in [4.78, 5) is 8.54. The number of nitrogens with one attached hydrogen (secondary N) is 1. The van der Waals surface area contributed by atoms with Gasteiger partial charge in [0, 0.05) is 18.3 Å². The lowest BCUT2D eigenvalue weighted by molar-refractivity contribution is 0.585. The monoisotopic (exact) mass is 284 g/mol. The minimum absolute atomic E-state index is 0.286. The van der Waals surface area contributed by atoms with Crippen LogP contribution in [0.25, 0.3) is 16.9 Å². The number of halogens is 1. The molecule has 0 aliphatic heterocycles. The van der Waals surface area contributed by atoms with Crippen molar-refractivity contribution in [2.75, 3.05) is 7.05 Å². The van der Waals surface area contributed by atoms with E-state index >= 15 is 0 Å². The van der Waals surface area contributed by atoms with E-state index in [-0.39, 0.29) is 11.6 Å². The van der Waals surface area contributed by atoms with Crippen molar-refractivity contribution >= 4 is 11.0 Å². The Balaban J connectivity index is 2.21. The predicted molar refractivity (Wildman–Crippen MR) is 81.1 cm³/mol. The number of aromatic nitrogens is 3. The molecule has 2 heterocycles. The lowest BCUT2D eigenvalue weighted by Crippen LogP contribution is -2.10. The molecule has 0 unspecified atom stereocenters. The summed E-state index contributed by atoms with van der Waals surface area (Å²) in [6, 6.07) is 5.71. The van der Waals surface area contributed by atoms with Gasteiger partial charge >= 0.3 is 0 Å². The number of hydrogen-bond acceptors (Lipinski definition) is 3. The molecule has 1 aromatic carbocycles. The Morgan fingerprint density at radius 2 is 1.95 bits per heavy atom. The van der Waals surface area contributed by atoms with Gasteiger partial charge in [0.25, 0.3) is 0 Å². The number of nitrogens with zero attached hydrogens (tertiary/aromatic N) is 3. The van der Waals surface area contributed by atoms with Crippen LogP contribution in [0.1, 0.15) is 16.7 Å². The zero-order chi connectivity index (χ0) is 15.0. The van der Waals surface area contributed by atoms with Crippen LogP contribution in [0.2, 0.25) is 0 Å². The molecule has 21 heavy (non-hydrogen) atoms. The van der Waals surface area contributed by atoms with Crippen LogP contribution < -0.4 is 5.32 Å². The van der Waals surface area contributed by atoms with Gasteiger partial charge < -0.3 is 5.32 Å². The molecule has 0 fully saturated rings. The van der Waals surface area contributed by atoms with E-state index in [1.807, 2.05) is 26.0 Å². The summed E-state index contributed by atoms with van der Waals surface area (Å²) in [5.74, 6) is -0.0297. The van der Waals surface area contributed by atoms with E-state index in [2.05, 4.69) is 15.3 Å². The fourth-order valence-corrected chi connectivity index (χ4v) is 2.40. The molecule has 5 heteroatoms. The Bertz CT molecular complexity index is 807. The average molecular weight is 284 g/mol. The quantitative estimate of drug-likeness (QED) is 0.804. The molecule has 0 spiro atoms. The number of rotatable bonds is 3. The van der Waals surface area contributed by atoms with Crippen LogP contribution >= 0.6 is 0 Å². The molecule has 0 amide bonds. The summed E-state index contributed by atoms with van der Waals surface area (Å²) in [5.41, 5.74) is 4.62. The number of benzene rings is 1. The summed E-state index contributed by atoms with van der Waals surface area (Å²) in [5, 5.41) is 2.96. The number of hydrogen-bond donors (Lipinski definition) is 1. The van der Waals surface area contributed by atoms with E-state index < -0.39 is 0 Å². The topological polar surface area (TPSA) is 42.7 Å². The lowest BCUT2D eigenvalue weighted by atomic mass is 10.1. The van der Waals surface area contributed by atoms with Crippen LogP contribution in [0.4, 0.5) is 4.39 Å². The normalized spacial score (nSPS) is 11.2. The van der Waals surface area contributed by atoms with Crippen molar-refractivity contribution in [3.8, 4) is 5.82 Å². The number of aryl methyl sites for hydroxylation is 2. The first-order valence-corrected chi connectivity index (χ1v) is 6.84. The minimum Gasteiger partial charge on any atom is -0.316 e. The third kappa shape index (κ3) is 2.29. The fraction of sp³-hybridized carbons (Fsp3) is 0.250. The minimum atomic E-state index is -0.315. The molecule has 1 N–H and O–H groups in total. The van der Waals surface area contributed by atoms with Gasteiger partial charge in [-0.15, -0.1) is 0 Å². The van der Waals surface area contributed by atoms with Gasteiger partial charge in [-0.05, 0) is 50.2 Å². The number of imidazole rings is 1. The van der Waals surface area contributed by atoms with Crippen molar-refractivity contribution in [3.63, 3.8) is 0 Å². The smallest absolute Gasteiger partial charge is 0.175 e. The highest BCUT2D eigenvalue weighted by atomic mass is 19.1. The maximum absolute atomic E-state index is 14.6. The largest absolute Gasteiger partial charge is 0.316 e. The van der Waals surface area contributed by atoms with Gasteiger partial charge in [0.15, 0.2) is 11.6 Å². The van der Waals surface area contributed by atoms with Crippen LogP contribution in [-0.4, -0.2) is 21.6 Å². The first kappa shape index (κ1) is 13.7. The molecule has 0 aliphatic rings. The molecule has 0 atom stereocenters. The molecule has 3 rings (SSSR count). The predicted octanol–water partition coefficient (Wildman–Crippen LogP) is 2.90. The molecule has 0 aliphatic carbocycles. The van der Waals surface area contributed by atoms with E-state index in [1.54, 1.807) is 30.2 Å². The summed E-state index contributed by atoms with van der Waals surface area (Å²) in [7, 11) is 1.79. The van der Waals surface area contributed by atoms with Crippen LogP contribution in [0.3, 0.4) is 0 Å². The van der Waals surface area contributed by atoms with Gasteiger partial charge in [-0.25, -0.2) is 14.4 Å². The number of fused-ring (bicyclic) bond motifs is 1. The average Bonchev–Trinajstić information content (AvgIpc) is 2.85.